The molecule has 1 N–H and O–H groups in total. The van der Waals surface area contributed by atoms with Gasteiger partial charge in [-0.1, -0.05) is 25.1 Å². The van der Waals surface area contributed by atoms with Crippen LogP contribution in [-0.2, 0) is 5.72 Å². The summed E-state index contributed by atoms with van der Waals surface area (Å²) in [6, 6.07) is 18.4. The molecule has 2 unspecified atom stereocenters. The minimum absolute atomic E-state index is 0. The fourth-order valence-corrected chi connectivity index (χ4v) is 5.20. The zero-order chi connectivity index (χ0) is 17.4. The maximum absolute atomic E-state index is 11.8. The van der Waals surface area contributed by atoms with E-state index in [0.29, 0.717) is 12.6 Å². The fourth-order valence-electron chi connectivity index (χ4n) is 3.67. The van der Waals surface area contributed by atoms with Crippen molar-refractivity contribution < 1.29 is 14.4 Å². The summed E-state index contributed by atoms with van der Waals surface area (Å²) in [5, 5.41) is 12.9. The van der Waals surface area contributed by atoms with Crippen LogP contribution < -0.4 is 9.64 Å². The molecule has 4 nitrogen and oxygen atoms in total. The Hall–Kier alpha value is -1.50. The Kier molecular flexibility index (Phi) is 5.65. The van der Waals surface area contributed by atoms with E-state index < -0.39 is 5.72 Å². The van der Waals surface area contributed by atoms with E-state index in [-0.39, 0.29) is 17.0 Å². The zero-order valence-electron chi connectivity index (χ0n) is 15.0. The molecule has 0 aliphatic carbocycles. The van der Waals surface area contributed by atoms with Gasteiger partial charge in [0.1, 0.15) is 17.5 Å². The highest BCUT2D eigenvalue weighted by atomic mass is 79.9. The van der Waals surface area contributed by atoms with Crippen molar-refractivity contribution in [2.45, 2.75) is 25.1 Å². The number of hydrogen-bond acceptors (Lipinski definition) is 4. The number of para-hydroxylation sites is 1. The molecule has 26 heavy (non-hydrogen) atoms. The molecule has 0 spiro atoms. The number of nitrogens with zero attached hydrogens (tertiary/aromatic N) is 2. The summed E-state index contributed by atoms with van der Waals surface area (Å²) >= 11 is 1.84. The Labute approximate surface area is 169 Å². The SMILES string of the molecule is Br.CCC1CSC2=[N+]1CC(O)(c1ccc(OC)cc1)N2c1ccccc1. The Balaban J connectivity index is 0.00000196. The first-order valence-corrected chi connectivity index (χ1v) is 9.64. The number of ether oxygens (including phenoxy) is 1. The maximum atomic E-state index is 11.8. The van der Waals surface area contributed by atoms with E-state index in [1.165, 1.54) is 0 Å². The van der Waals surface area contributed by atoms with E-state index in [2.05, 4.69) is 28.5 Å². The van der Waals surface area contributed by atoms with Crippen molar-refractivity contribution in [3.05, 3.63) is 60.2 Å². The average molecular weight is 436 g/mol. The third kappa shape index (κ3) is 3.04. The van der Waals surface area contributed by atoms with Crippen LogP contribution in [0.15, 0.2) is 54.6 Å². The van der Waals surface area contributed by atoms with Gasteiger partial charge in [0.05, 0.1) is 7.11 Å². The van der Waals surface area contributed by atoms with Gasteiger partial charge in [-0.15, -0.1) is 17.0 Å². The Morgan fingerprint density at radius 2 is 1.88 bits per heavy atom. The molecule has 0 radical (unpaired) electrons. The van der Waals surface area contributed by atoms with Crippen LogP contribution in [0, 0.1) is 0 Å². The van der Waals surface area contributed by atoms with Gasteiger partial charge in [0.15, 0.2) is 6.54 Å². The molecule has 2 heterocycles. The van der Waals surface area contributed by atoms with Crippen molar-refractivity contribution in [1.29, 1.82) is 0 Å². The van der Waals surface area contributed by atoms with E-state index in [4.69, 9.17) is 4.74 Å². The molecule has 2 aromatic rings. The summed E-state index contributed by atoms with van der Waals surface area (Å²) in [5.41, 5.74) is 0.821. The molecule has 0 saturated carbocycles. The molecule has 4 rings (SSSR count). The molecule has 2 aliphatic heterocycles. The van der Waals surface area contributed by atoms with Crippen molar-refractivity contribution in [2.24, 2.45) is 0 Å². The second kappa shape index (κ2) is 7.62. The van der Waals surface area contributed by atoms with Gasteiger partial charge in [-0.05, 0) is 54.6 Å². The van der Waals surface area contributed by atoms with Gasteiger partial charge in [0.2, 0.25) is 0 Å². The van der Waals surface area contributed by atoms with E-state index in [1.54, 1.807) is 7.11 Å². The number of thioether (sulfide) groups is 1. The molecule has 6 heteroatoms. The molecule has 2 aliphatic rings. The summed E-state index contributed by atoms with van der Waals surface area (Å²) in [5.74, 6) is 1.87. The molecule has 0 fully saturated rings. The van der Waals surface area contributed by atoms with Gasteiger partial charge < -0.3 is 9.84 Å². The highest BCUT2D eigenvalue weighted by Gasteiger charge is 2.57. The van der Waals surface area contributed by atoms with Crippen LogP contribution >= 0.6 is 28.7 Å². The van der Waals surface area contributed by atoms with Gasteiger partial charge >= 0.3 is 5.17 Å². The van der Waals surface area contributed by atoms with Crippen LogP contribution in [0.5, 0.6) is 5.75 Å². The van der Waals surface area contributed by atoms with Gasteiger partial charge in [-0.3, -0.25) is 0 Å². The smallest absolute Gasteiger partial charge is 0.317 e. The van der Waals surface area contributed by atoms with Gasteiger partial charge in [-0.2, -0.15) is 4.90 Å². The molecule has 138 valence electrons. The normalized spacial score (nSPS) is 24.4. The zero-order valence-corrected chi connectivity index (χ0v) is 17.5. The van der Waals surface area contributed by atoms with Crippen molar-refractivity contribution >= 4 is 39.6 Å². The highest BCUT2D eigenvalue weighted by Crippen LogP contribution is 2.42. The second-order valence-electron chi connectivity index (χ2n) is 6.50. The van der Waals surface area contributed by atoms with E-state index in [9.17, 15) is 5.11 Å². The first-order chi connectivity index (χ1) is 12.2. The molecule has 2 aromatic carbocycles. The van der Waals surface area contributed by atoms with Crippen molar-refractivity contribution in [3.8, 4) is 5.75 Å². The van der Waals surface area contributed by atoms with Gasteiger partial charge in [-0.25, -0.2) is 4.58 Å². The number of anilines is 1. The lowest BCUT2D eigenvalue weighted by atomic mass is 10.0. The third-order valence-electron chi connectivity index (χ3n) is 5.08. The predicted octanol–water partition coefficient (Wildman–Crippen LogP) is 3.83. The summed E-state index contributed by atoms with van der Waals surface area (Å²) < 4.78 is 7.63. The minimum Gasteiger partial charge on any atom is -0.497 e. The van der Waals surface area contributed by atoms with Crippen LogP contribution in [0.1, 0.15) is 18.9 Å². The molecule has 2 atom stereocenters. The molecule has 0 amide bonds. The molecular weight excluding hydrogens is 412 g/mol. The average Bonchev–Trinajstić information content (AvgIpc) is 3.18. The number of amidine groups is 1. The van der Waals surface area contributed by atoms with Crippen LogP contribution in [-0.4, -0.2) is 40.3 Å². The van der Waals surface area contributed by atoms with E-state index in [1.807, 2.05) is 54.2 Å². The van der Waals surface area contributed by atoms with E-state index in [0.717, 1.165) is 34.3 Å². The number of halogens is 1. The largest absolute Gasteiger partial charge is 0.497 e. The van der Waals surface area contributed by atoms with Crippen LogP contribution in [0.2, 0.25) is 0 Å². The molecule has 0 bridgehead atoms. The topological polar surface area (TPSA) is 35.7 Å². The van der Waals surface area contributed by atoms with Gasteiger partial charge in [0, 0.05) is 11.3 Å². The van der Waals surface area contributed by atoms with Crippen molar-refractivity contribution in [2.75, 3.05) is 24.3 Å². The number of benzene rings is 2. The third-order valence-corrected chi connectivity index (χ3v) is 6.31. The standard InChI is InChI=1S/C20H23N2O2S.BrH/c1-3-16-13-25-19-21(16)14-20(23,15-9-11-18(24-2)12-10-15)22(19)17-7-5-4-6-8-17;/h4-12,16,23H,3,13-14H2,1-2H3;1H/q+1;. The predicted molar refractivity (Wildman–Crippen MR) is 113 cm³/mol. The lowest BCUT2D eigenvalue weighted by Crippen LogP contribution is -2.47. The fraction of sp³-hybridized carbons (Fsp3) is 0.350. The monoisotopic (exact) mass is 435 g/mol. The summed E-state index contributed by atoms with van der Waals surface area (Å²) in [6.07, 6.45) is 1.08. The Bertz CT molecular complexity index is 797. The summed E-state index contributed by atoms with van der Waals surface area (Å²) in [6.45, 7) is 2.79. The number of rotatable bonds is 4. The number of methoxy groups -OCH3 is 1. The Morgan fingerprint density at radius 3 is 2.50 bits per heavy atom. The first-order valence-electron chi connectivity index (χ1n) is 8.66. The Morgan fingerprint density at radius 1 is 1.19 bits per heavy atom. The summed E-state index contributed by atoms with van der Waals surface area (Å²) in [4.78, 5) is 2.09. The quantitative estimate of drug-likeness (QED) is 0.740. The lowest BCUT2D eigenvalue weighted by molar-refractivity contribution is -0.561. The number of hydrogen-bond donors (Lipinski definition) is 1. The number of aliphatic hydroxyl groups is 1. The lowest BCUT2D eigenvalue weighted by Gasteiger charge is -2.29. The molecule has 0 aromatic heterocycles. The molecule has 0 saturated heterocycles. The highest BCUT2D eigenvalue weighted by molar-refractivity contribution is 8.93. The van der Waals surface area contributed by atoms with Crippen LogP contribution in [0.3, 0.4) is 0 Å². The maximum Gasteiger partial charge on any atom is 0.317 e. The van der Waals surface area contributed by atoms with Gasteiger partial charge in [0.25, 0.3) is 5.72 Å². The van der Waals surface area contributed by atoms with Crippen molar-refractivity contribution in [3.63, 3.8) is 0 Å². The molecular formula is C20H24BrN2O2S+. The second-order valence-corrected chi connectivity index (χ2v) is 7.49. The van der Waals surface area contributed by atoms with E-state index >= 15 is 0 Å². The summed E-state index contributed by atoms with van der Waals surface area (Å²) in [7, 11) is 1.66. The first kappa shape index (κ1) is 19.3. The van der Waals surface area contributed by atoms with Crippen LogP contribution in [0.4, 0.5) is 5.69 Å². The minimum atomic E-state index is -1.08. The van der Waals surface area contributed by atoms with Crippen LogP contribution in [0.25, 0.3) is 0 Å². The van der Waals surface area contributed by atoms with Crippen molar-refractivity contribution in [1.82, 2.24) is 0 Å².